The molecule has 3 aromatic carbocycles. The molecular weight excluding hydrogens is 418 g/mol. The van der Waals surface area contributed by atoms with Gasteiger partial charge in [0, 0.05) is 17.5 Å². The zero-order valence-electron chi connectivity index (χ0n) is 17.3. The molecule has 1 aromatic heterocycles. The lowest BCUT2D eigenvalue weighted by Crippen LogP contribution is -2.20. The predicted molar refractivity (Wildman–Crippen MR) is 125 cm³/mol. The molecule has 1 amide bonds. The third-order valence-electron chi connectivity index (χ3n) is 4.85. The molecule has 1 heterocycles. The van der Waals surface area contributed by atoms with E-state index in [-0.39, 0.29) is 18.6 Å². The van der Waals surface area contributed by atoms with E-state index in [9.17, 15) is 4.79 Å². The monoisotopic (exact) mass is 439 g/mol. The maximum Gasteiger partial charge on any atom is 0.252 e. The molecular formula is C26H21N3O2S. The van der Waals surface area contributed by atoms with Crippen LogP contribution in [-0.4, -0.2) is 17.5 Å². The highest BCUT2D eigenvalue weighted by Gasteiger charge is 2.17. The highest BCUT2D eigenvalue weighted by molar-refractivity contribution is 7.15. The minimum atomic E-state index is -0.327. The first-order valence-electron chi connectivity index (χ1n) is 10.2. The van der Waals surface area contributed by atoms with Gasteiger partial charge in [0.2, 0.25) is 0 Å². The van der Waals surface area contributed by atoms with Gasteiger partial charge < -0.3 is 4.74 Å². The van der Waals surface area contributed by atoms with Gasteiger partial charge in [-0.3, -0.25) is 10.1 Å². The first-order valence-corrected chi connectivity index (χ1v) is 11.0. The van der Waals surface area contributed by atoms with Gasteiger partial charge in [0.15, 0.2) is 5.13 Å². The Labute approximate surface area is 191 Å². The molecule has 0 saturated carbocycles. The molecule has 32 heavy (non-hydrogen) atoms. The summed E-state index contributed by atoms with van der Waals surface area (Å²) in [6, 6.07) is 29.3. The van der Waals surface area contributed by atoms with Crippen molar-refractivity contribution in [1.82, 2.24) is 4.98 Å². The lowest BCUT2D eigenvalue weighted by molar-refractivity contribution is -0.121. The average molecular weight is 440 g/mol. The molecule has 0 bridgehead atoms. The Hall–Kier alpha value is -3.79. The molecule has 1 N–H and O–H groups in total. The molecule has 0 aliphatic rings. The topological polar surface area (TPSA) is 75.0 Å². The van der Waals surface area contributed by atoms with Gasteiger partial charge in [0.25, 0.3) is 5.91 Å². The summed E-state index contributed by atoms with van der Waals surface area (Å²) in [4.78, 5) is 17.9. The van der Waals surface area contributed by atoms with Crippen LogP contribution < -0.4 is 5.32 Å². The van der Waals surface area contributed by atoms with E-state index in [0.29, 0.717) is 17.1 Å². The Balaban J connectivity index is 1.36. The minimum absolute atomic E-state index is 0.0843. The molecule has 0 spiro atoms. The van der Waals surface area contributed by atoms with Crippen LogP contribution in [0.15, 0.2) is 91.1 Å². The number of nitrogens with zero attached hydrogens (tertiary/aromatic N) is 2. The Morgan fingerprint density at radius 3 is 2.19 bits per heavy atom. The van der Waals surface area contributed by atoms with E-state index in [0.717, 1.165) is 21.6 Å². The lowest BCUT2D eigenvalue weighted by Gasteiger charge is -2.18. The van der Waals surface area contributed by atoms with Crippen LogP contribution in [0, 0.1) is 11.3 Å². The van der Waals surface area contributed by atoms with E-state index < -0.39 is 0 Å². The van der Waals surface area contributed by atoms with E-state index in [1.807, 2.05) is 72.8 Å². The third kappa shape index (κ3) is 5.67. The number of anilines is 1. The van der Waals surface area contributed by atoms with Crippen molar-refractivity contribution in [3.63, 3.8) is 0 Å². The van der Waals surface area contributed by atoms with Crippen molar-refractivity contribution in [2.24, 2.45) is 0 Å². The van der Waals surface area contributed by atoms with Gasteiger partial charge >= 0.3 is 0 Å². The molecule has 0 aliphatic heterocycles. The average Bonchev–Trinajstić information content (AvgIpc) is 3.27. The second-order valence-corrected chi connectivity index (χ2v) is 8.29. The van der Waals surface area contributed by atoms with Crippen LogP contribution in [-0.2, 0) is 16.0 Å². The van der Waals surface area contributed by atoms with Crippen LogP contribution in [0.5, 0.6) is 0 Å². The second kappa shape index (κ2) is 10.5. The second-order valence-electron chi connectivity index (χ2n) is 7.18. The van der Waals surface area contributed by atoms with Crippen LogP contribution >= 0.6 is 11.3 Å². The van der Waals surface area contributed by atoms with E-state index in [2.05, 4.69) is 16.4 Å². The molecule has 0 aliphatic carbocycles. The number of amides is 1. The van der Waals surface area contributed by atoms with Gasteiger partial charge in [0.1, 0.15) is 12.7 Å². The zero-order valence-corrected chi connectivity index (χ0v) is 18.1. The number of hydrogen-bond donors (Lipinski definition) is 1. The van der Waals surface area contributed by atoms with Gasteiger partial charge in [-0.2, -0.15) is 5.26 Å². The maximum absolute atomic E-state index is 12.5. The highest BCUT2D eigenvalue weighted by Crippen LogP contribution is 2.26. The molecule has 4 rings (SSSR count). The number of hydrogen-bond acceptors (Lipinski definition) is 5. The molecule has 0 unspecified atom stereocenters. The van der Waals surface area contributed by atoms with Crippen LogP contribution in [0.4, 0.5) is 5.13 Å². The summed E-state index contributed by atoms with van der Waals surface area (Å²) in [6.45, 7) is -0.0843. The summed E-state index contributed by atoms with van der Waals surface area (Å²) in [5.74, 6) is -0.249. The number of carbonyl (C=O) groups excluding carboxylic acids is 1. The number of nitrogens with one attached hydrogen (secondary N) is 1. The zero-order chi connectivity index (χ0) is 22.2. The van der Waals surface area contributed by atoms with Crippen molar-refractivity contribution in [3.05, 3.63) is 118 Å². The van der Waals surface area contributed by atoms with Crippen molar-refractivity contribution in [1.29, 1.82) is 5.26 Å². The number of rotatable bonds is 8. The smallest absolute Gasteiger partial charge is 0.252 e. The van der Waals surface area contributed by atoms with Crippen LogP contribution in [0.2, 0.25) is 0 Å². The Bertz CT molecular complexity index is 1160. The number of benzene rings is 3. The van der Waals surface area contributed by atoms with Gasteiger partial charge in [-0.05, 0) is 28.8 Å². The van der Waals surface area contributed by atoms with Crippen molar-refractivity contribution in [2.75, 3.05) is 11.9 Å². The molecule has 0 radical (unpaired) electrons. The van der Waals surface area contributed by atoms with Crippen molar-refractivity contribution >= 4 is 22.4 Å². The number of carbonyl (C=O) groups is 1. The van der Waals surface area contributed by atoms with Crippen LogP contribution in [0.3, 0.4) is 0 Å². The van der Waals surface area contributed by atoms with E-state index in [4.69, 9.17) is 10.00 Å². The standard InChI is InChI=1S/C26H21N3O2S/c27-16-20-13-11-19(12-14-20)15-23-17-28-26(32-23)29-24(30)18-31-25(21-7-3-1-4-8-21)22-9-5-2-6-10-22/h1-14,17,25H,15,18H2,(H,28,29,30). The fraction of sp³-hybridized carbons (Fsp3) is 0.115. The number of aromatic nitrogens is 1. The van der Waals surface area contributed by atoms with Crippen molar-refractivity contribution in [3.8, 4) is 6.07 Å². The lowest BCUT2D eigenvalue weighted by atomic mass is 10.0. The summed E-state index contributed by atoms with van der Waals surface area (Å²) in [5, 5.41) is 12.3. The normalized spacial score (nSPS) is 10.6. The Morgan fingerprint density at radius 1 is 0.969 bits per heavy atom. The molecule has 0 atom stereocenters. The Morgan fingerprint density at radius 2 is 1.59 bits per heavy atom. The number of nitriles is 1. The third-order valence-corrected chi connectivity index (χ3v) is 5.76. The van der Waals surface area contributed by atoms with Gasteiger partial charge in [-0.1, -0.05) is 72.8 Å². The minimum Gasteiger partial charge on any atom is -0.359 e. The van der Waals surface area contributed by atoms with Crippen molar-refractivity contribution < 1.29 is 9.53 Å². The molecule has 0 saturated heterocycles. The van der Waals surface area contributed by atoms with Crippen LogP contribution in [0.25, 0.3) is 0 Å². The number of thiazole rings is 1. The van der Waals surface area contributed by atoms with Gasteiger partial charge in [-0.25, -0.2) is 4.98 Å². The molecule has 6 heteroatoms. The molecule has 158 valence electrons. The first kappa shape index (κ1) is 21.4. The quantitative estimate of drug-likeness (QED) is 0.402. The number of ether oxygens (including phenoxy) is 1. The van der Waals surface area contributed by atoms with E-state index in [1.54, 1.807) is 18.3 Å². The predicted octanol–water partition coefficient (Wildman–Crippen LogP) is 5.35. The summed E-state index contributed by atoms with van der Waals surface area (Å²) in [5.41, 5.74) is 3.70. The summed E-state index contributed by atoms with van der Waals surface area (Å²) >= 11 is 1.43. The van der Waals surface area contributed by atoms with Gasteiger partial charge in [-0.15, -0.1) is 11.3 Å². The fourth-order valence-electron chi connectivity index (χ4n) is 3.30. The molecule has 5 nitrogen and oxygen atoms in total. The summed E-state index contributed by atoms with van der Waals surface area (Å²) < 4.78 is 6.01. The van der Waals surface area contributed by atoms with Crippen LogP contribution in [0.1, 0.15) is 33.2 Å². The largest absolute Gasteiger partial charge is 0.359 e. The molecule has 0 fully saturated rings. The van der Waals surface area contributed by atoms with E-state index in [1.165, 1.54) is 11.3 Å². The van der Waals surface area contributed by atoms with Gasteiger partial charge in [0.05, 0.1) is 11.6 Å². The molecule has 4 aromatic rings. The SMILES string of the molecule is N#Cc1ccc(Cc2cnc(NC(=O)COC(c3ccccc3)c3ccccc3)s2)cc1. The Kier molecular flexibility index (Phi) is 7.03. The summed E-state index contributed by atoms with van der Waals surface area (Å²) in [6.07, 6.45) is 2.13. The summed E-state index contributed by atoms with van der Waals surface area (Å²) in [7, 11) is 0. The fourth-order valence-corrected chi connectivity index (χ4v) is 4.16. The highest BCUT2D eigenvalue weighted by atomic mass is 32.1. The van der Waals surface area contributed by atoms with E-state index >= 15 is 0 Å². The maximum atomic E-state index is 12.5. The van der Waals surface area contributed by atoms with Crippen molar-refractivity contribution in [2.45, 2.75) is 12.5 Å². The first-order chi connectivity index (χ1) is 15.7.